The van der Waals surface area contributed by atoms with Gasteiger partial charge in [0.2, 0.25) is 5.91 Å². The van der Waals surface area contributed by atoms with E-state index in [2.05, 4.69) is 15.5 Å². The third-order valence-electron chi connectivity index (χ3n) is 4.98. The number of nitro benzene ring substituents is 1. The summed E-state index contributed by atoms with van der Waals surface area (Å²) in [6, 6.07) is 21.6. The number of hydrogen-bond donors (Lipinski definition) is 1. The molecule has 0 atom stereocenters. The normalized spacial score (nSPS) is 10.7. The topological polar surface area (TPSA) is 103 Å². The van der Waals surface area contributed by atoms with Crippen molar-refractivity contribution in [2.75, 3.05) is 11.1 Å². The first-order valence-corrected chi connectivity index (χ1v) is 11.2. The fourth-order valence-electron chi connectivity index (χ4n) is 3.28. The number of para-hydroxylation sites is 1. The summed E-state index contributed by atoms with van der Waals surface area (Å²) in [6.07, 6.45) is 0. The molecule has 8 nitrogen and oxygen atoms in total. The number of rotatable bonds is 7. The Hall–Kier alpha value is -3.98. The van der Waals surface area contributed by atoms with Gasteiger partial charge >= 0.3 is 0 Å². The van der Waals surface area contributed by atoms with Crippen molar-refractivity contribution in [1.82, 2.24) is 14.8 Å². The maximum absolute atomic E-state index is 12.6. The van der Waals surface area contributed by atoms with Gasteiger partial charge in [-0.15, -0.1) is 10.2 Å². The molecule has 0 aliphatic carbocycles. The van der Waals surface area contributed by atoms with E-state index in [9.17, 15) is 14.9 Å². The molecule has 1 heterocycles. The highest BCUT2D eigenvalue weighted by Crippen LogP contribution is 2.29. The van der Waals surface area contributed by atoms with Gasteiger partial charge in [-0.1, -0.05) is 42.1 Å². The van der Waals surface area contributed by atoms with E-state index in [1.54, 1.807) is 12.1 Å². The molecule has 0 saturated heterocycles. The van der Waals surface area contributed by atoms with Gasteiger partial charge in [0.1, 0.15) is 0 Å². The highest BCUT2D eigenvalue weighted by Gasteiger charge is 2.18. The molecule has 0 saturated carbocycles. The summed E-state index contributed by atoms with van der Waals surface area (Å²) in [7, 11) is 0. The summed E-state index contributed by atoms with van der Waals surface area (Å²) in [5.74, 6) is 0.542. The van der Waals surface area contributed by atoms with Crippen LogP contribution in [0.15, 0.2) is 78.0 Å². The number of carbonyl (C=O) groups excluding carboxylic acids is 1. The van der Waals surface area contributed by atoms with Gasteiger partial charge in [0.25, 0.3) is 5.69 Å². The molecule has 0 bridgehead atoms. The number of nitrogens with zero attached hydrogens (tertiary/aromatic N) is 4. The van der Waals surface area contributed by atoms with E-state index >= 15 is 0 Å². The molecule has 4 aromatic rings. The van der Waals surface area contributed by atoms with Crippen LogP contribution in [-0.4, -0.2) is 31.3 Å². The van der Waals surface area contributed by atoms with Crippen LogP contribution >= 0.6 is 11.8 Å². The van der Waals surface area contributed by atoms with Gasteiger partial charge in [0.15, 0.2) is 11.0 Å². The van der Waals surface area contributed by atoms with Crippen molar-refractivity contribution in [3.8, 4) is 17.1 Å². The molecule has 1 amide bonds. The molecule has 3 aromatic carbocycles. The number of aromatic nitrogens is 3. The summed E-state index contributed by atoms with van der Waals surface area (Å²) in [4.78, 5) is 23.2. The van der Waals surface area contributed by atoms with E-state index in [4.69, 9.17) is 0 Å². The Labute approximate surface area is 194 Å². The van der Waals surface area contributed by atoms with Crippen LogP contribution < -0.4 is 5.32 Å². The number of benzene rings is 3. The number of anilines is 1. The highest BCUT2D eigenvalue weighted by molar-refractivity contribution is 7.99. The lowest BCUT2D eigenvalue weighted by atomic mass is 10.1. The summed E-state index contributed by atoms with van der Waals surface area (Å²) >= 11 is 1.27. The van der Waals surface area contributed by atoms with E-state index in [1.165, 1.54) is 23.9 Å². The van der Waals surface area contributed by atoms with Crippen LogP contribution in [0.3, 0.4) is 0 Å². The van der Waals surface area contributed by atoms with Crippen molar-refractivity contribution in [2.24, 2.45) is 0 Å². The second-order valence-corrected chi connectivity index (χ2v) is 8.38. The molecular formula is C24H21N5O3S. The number of non-ortho nitro benzene ring substituents is 1. The Morgan fingerprint density at radius 1 is 1.03 bits per heavy atom. The zero-order valence-electron chi connectivity index (χ0n) is 18.1. The van der Waals surface area contributed by atoms with Crippen molar-refractivity contribution in [2.45, 2.75) is 19.0 Å². The summed E-state index contributed by atoms with van der Waals surface area (Å²) in [6.45, 7) is 3.93. The maximum Gasteiger partial charge on any atom is 0.269 e. The third kappa shape index (κ3) is 5.09. The lowest BCUT2D eigenvalue weighted by Crippen LogP contribution is -2.15. The Bertz CT molecular complexity index is 1300. The summed E-state index contributed by atoms with van der Waals surface area (Å²) < 4.78 is 1.84. The minimum Gasteiger partial charge on any atom is -0.325 e. The van der Waals surface area contributed by atoms with E-state index in [-0.39, 0.29) is 17.3 Å². The average molecular weight is 460 g/mol. The average Bonchev–Trinajstić information content (AvgIpc) is 3.24. The molecular weight excluding hydrogens is 438 g/mol. The van der Waals surface area contributed by atoms with E-state index in [0.717, 1.165) is 22.5 Å². The van der Waals surface area contributed by atoms with Gasteiger partial charge in [0, 0.05) is 29.1 Å². The number of thioether (sulfide) groups is 1. The molecule has 0 aliphatic heterocycles. The number of nitro groups is 1. The predicted octanol–water partition coefficient (Wildman–Crippen LogP) is 5.19. The van der Waals surface area contributed by atoms with Crippen molar-refractivity contribution < 1.29 is 9.72 Å². The highest BCUT2D eigenvalue weighted by atomic mass is 32.2. The standard InChI is InChI=1S/C24H21N5O3S/c1-16-8-9-17(2)21(14-16)25-22(30)15-33-24-27-26-23(28(24)19-6-4-3-5-7-19)18-10-12-20(13-11-18)29(31)32/h3-14H,15H2,1-2H3,(H,25,30). The van der Waals surface area contributed by atoms with E-state index in [0.29, 0.717) is 16.5 Å². The SMILES string of the molecule is Cc1ccc(C)c(NC(=O)CSc2nnc(-c3ccc([N+](=O)[O-])cc3)n2-c2ccccc2)c1. The van der Waals surface area contributed by atoms with Gasteiger partial charge in [0.05, 0.1) is 10.7 Å². The van der Waals surface area contributed by atoms with Gasteiger partial charge in [-0.3, -0.25) is 19.5 Å². The van der Waals surface area contributed by atoms with Crippen LogP contribution in [0.5, 0.6) is 0 Å². The number of hydrogen-bond acceptors (Lipinski definition) is 6. The first-order chi connectivity index (χ1) is 15.9. The summed E-state index contributed by atoms with van der Waals surface area (Å²) in [5.41, 5.74) is 4.36. The van der Waals surface area contributed by atoms with Crippen LogP contribution in [-0.2, 0) is 4.79 Å². The van der Waals surface area contributed by atoms with Crippen LogP contribution in [0.2, 0.25) is 0 Å². The summed E-state index contributed by atoms with van der Waals surface area (Å²) in [5, 5.41) is 23.1. The second kappa shape index (κ2) is 9.66. The van der Waals surface area contributed by atoms with Crippen molar-refractivity contribution in [1.29, 1.82) is 0 Å². The third-order valence-corrected chi connectivity index (χ3v) is 5.91. The molecule has 9 heteroatoms. The largest absolute Gasteiger partial charge is 0.325 e. The maximum atomic E-state index is 12.6. The van der Waals surface area contributed by atoms with Gasteiger partial charge in [-0.05, 0) is 55.3 Å². The molecule has 4 rings (SSSR count). The fourth-order valence-corrected chi connectivity index (χ4v) is 4.03. The minimum atomic E-state index is -0.443. The first kappa shape index (κ1) is 22.2. The molecule has 0 spiro atoms. The predicted molar refractivity (Wildman–Crippen MR) is 129 cm³/mol. The smallest absolute Gasteiger partial charge is 0.269 e. The zero-order valence-corrected chi connectivity index (χ0v) is 18.9. The zero-order chi connectivity index (χ0) is 23.4. The molecule has 33 heavy (non-hydrogen) atoms. The second-order valence-electron chi connectivity index (χ2n) is 7.44. The van der Waals surface area contributed by atoms with Crippen LogP contribution in [0.1, 0.15) is 11.1 Å². The van der Waals surface area contributed by atoms with Gasteiger partial charge < -0.3 is 5.32 Å². The molecule has 1 N–H and O–H groups in total. The van der Waals surface area contributed by atoms with Crippen LogP contribution in [0, 0.1) is 24.0 Å². The van der Waals surface area contributed by atoms with E-state index < -0.39 is 4.92 Å². The van der Waals surface area contributed by atoms with Crippen LogP contribution in [0.4, 0.5) is 11.4 Å². The Morgan fingerprint density at radius 2 is 1.76 bits per heavy atom. The van der Waals surface area contributed by atoms with Crippen LogP contribution in [0.25, 0.3) is 17.1 Å². The molecule has 0 unspecified atom stereocenters. The van der Waals surface area contributed by atoms with Crippen molar-refractivity contribution >= 4 is 29.0 Å². The Kier molecular flexibility index (Phi) is 6.50. The Balaban J connectivity index is 1.60. The molecule has 0 aliphatic rings. The van der Waals surface area contributed by atoms with Crippen molar-refractivity contribution in [3.63, 3.8) is 0 Å². The minimum absolute atomic E-state index is 0.00207. The molecule has 0 fully saturated rings. The number of amides is 1. The Morgan fingerprint density at radius 3 is 2.45 bits per heavy atom. The van der Waals surface area contributed by atoms with E-state index in [1.807, 2.05) is 66.9 Å². The lowest BCUT2D eigenvalue weighted by molar-refractivity contribution is -0.384. The first-order valence-electron chi connectivity index (χ1n) is 10.2. The fraction of sp³-hybridized carbons (Fsp3) is 0.125. The van der Waals surface area contributed by atoms with Gasteiger partial charge in [-0.2, -0.15) is 0 Å². The molecule has 166 valence electrons. The quantitative estimate of drug-likeness (QED) is 0.232. The number of nitrogens with one attached hydrogen (secondary N) is 1. The lowest BCUT2D eigenvalue weighted by Gasteiger charge is -2.11. The van der Waals surface area contributed by atoms with Crippen molar-refractivity contribution in [3.05, 3.63) is 94.0 Å². The number of aryl methyl sites for hydroxylation is 2. The molecule has 0 radical (unpaired) electrons. The monoisotopic (exact) mass is 459 g/mol. The number of carbonyl (C=O) groups is 1. The molecule has 1 aromatic heterocycles. The van der Waals surface area contributed by atoms with Gasteiger partial charge in [-0.25, -0.2) is 0 Å².